The molecule has 144 valence electrons. The fourth-order valence-corrected chi connectivity index (χ4v) is 3.59. The lowest BCUT2D eigenvalue weighted by Gasteiger charge is -2.14. The van der Waals surface area contributed by atoms with Crippen LogP contribution < -0.4 is 10.1 Å². The van der Waals surface area contributed by atoms with E-state index in [9.17, 15) is 4.79 Å². The molecular formula is C21H21ClN4O2. The second kappa shape index (κ2) is 8.44. The Morgan fingerprint density at radius 3 is 3.00 bits per heavy atom. The zero-order chi connectivity index (χ0) is 19.3. The molecule has 3 heterocycles. The van der Waals surface area contributed by atoms with E-state index in [0.29, 0.717) is 29.5 Å². The third kappa shape index (κ3) is 4.34. The highest BCUT2D eigenvalue weighted by Crippen LogP contribution is 2.28. The Morgan fingerprint density at radius 1 is 1.25 bits per heavy atom. The quantitative estimate of drug-likeness (QED) is 0.683. The van der Waals surface area contributed by atoms with E-state index in [0.717, 1.165) is 36.9 Å². The number of aryl methyl sites for hydroxylation is 1. The lowest BCUT2D eigenvalue weighted by molar-refractivity contribution is -0.115. The molecule has 0 fully saturated rings. The van der Waals surface area contributed by atoms with Gasteiger partial charge in [0.25, 0.3) is 0 Å². The molecule has 0 bridgehead atoms. The Balaban J connectivity index is 1.36. The number of nitrogens with zero attached hydrogens (tertiary/aromatic N) is 3. The highest BCUT2D eigenvalue weighted by molar-refractivity contribution is 6.32. The van der Waals surface area contributed by atoms with Crippen molar-refractivity contribution in [2.75, 3.05) is 5.32 Å². The first-order valence-electron chi connectivity index (χ1n) is 9.34. The molecule has 0 unspecified atom stereocenters. The number of ether oxygens (including phenoxy) is 1. The molecule has 0 aliphatic carbocycles. The second-order valence-corrected chi connectivity index (χ2v) is 7.22. The predicted molar refractivity (Wildman–Crippen MR) is 108 cm³/mol. The van der Waals surface area contributed by atoms with Crippen molar-refractivity contribution in [2.45, 2.75) is 38.8 Å². The average molecular weight is 397 g/mol. The molecule has 0 saturated heterocycles. The summed E-state index contributed by atoms with van der Waals surface area (Å²) in [4.78, 5) is 16.5. The molecule has 28 heavy (non-hydrogen) atoms. The summed E-state index contributed by atoms with van der Waals surface area (Å²) < 4.78 is 7.75. The maximum Gasteiger partial charge on any atom is 0.228 e. The third-order valence-corrected chi connectivity index (χ3v) is 5.05. The number of hydrogen-bond donors (Lipinski definition) is 1. The number of rotatable bonds is 6. The zero-order valence-corrected chi connectivity index (χ0v) is 16.2. The molecule has 2 aromatic heterocycles. The third-order valence-electron chi connectivity index (χ3n) is 4.75. The van der Waals surface area contributed by atoms with Crippen LogP contribution in [0.1, 0.15) is 29.7 Å². The van der Waals surface area contributed by atoms with E-state index in [1.807, 2.05) is 23.0 Å². The lowest BCUT2D eigenvalue weighted by Crippen LogP contribution is -2.17. The number of pyridine rings is 1. The van der Waals surface area contributed by atoms with E-state index in [-0.39, 0.29) is 5.91 Å². The monoisotopic (exact) mass is 396 g/mol. The first-order valence-corrected chi connectivity index (χ1v) is 9.71. The molecule has 0 atom stereocenters. The van der Waals surface area contributed by atoms with Gasteiger partial charge in [0, 0.05) is 41.4 Å². The first kappa shape index (κ1) is 18.5. The van der Waals surface area contributed by atoms with Crippen molar-refractivity contribution < 1.29 is 9.53 Å². The molecule has 0 radical (unpaired) electrons. The summed E-state index contributed by atoms with van der Waals surface area (Å²) in [7, 11) is 0. The summed E-state index contributed by atoms with van der Waals surface area (Å²) in [6, 6.07) is 9.04. The van der Waals surface area contributed by atoms with Crippen LogP contribution in [0.2, 0.25) is 5.02 Å². The Hall–Kier alpha value is -2.86. The van der Waals surface area contributed by atoms with Crippen molar-refractivity contribution in [3.8, 4) is 5.75 Å². The van der Waals surface area contributed by atoms with Gasteiger partial charge >= 0.3 is 0 Å². The van der Waals surface area contributed by atoms with Gasteiger partial charge in [-0.3, -0.25) is 14.5 Å². The van der Waals surface area contributed by atoms with Crippen molar-refractivity contribution in [3.05, 3.63) is 70.8 Å². The second-order valence-electron chi connectivity index (χ2n) is 6.82. The van der Waals surface area contributed by atoms with Crippen molar-refractivity contribution in [1.29, 1.82) is 0 Å². The van der Waals surface area contributed by atoms with Gasteiger partial charge in [-0.05, 0) is 43.5 Å². The summed E-state index contributed by atoms with van der Waals surface area (Å²) in [5.74, 6) is 0.482. The van der Waals surface area contributed by atoms with Gasteiger partial charge in [0.1, 0.15) is 12.4 Å². The zero-order valence-electron chi connectivity index (χ0n) is 15.4. The van der Waals surface area contributed by atoms with E-state index >= 15 is 0 Å². The highest BCUT2D eigenvalue weighted by atomic mass is 35.5. The van der Waals surface area contributed by atoms with Gasteiger partial charge in [0.05, 0.1) is 17.6 Å². The van der Waals surface area contributed by atoms with Gasteiger partial charge in [0.15, 0.2) is 0 Å². The molecule has 6 nitrogen and oxygen atoms in total. The van der Waals surface area contributed by atoms with Crippen molar-refractivity contribution >= 4 is 23.2 Å². The Bertz CT molecular complexity index is 972. The fraction of sp³-hybridized carbons (Fsp3) is 0.286. The standard InChI is InChI=1S/C21H21ClN4O2/c22-18-11-17(6-7-20(18)28-14-15-4-3-8-23-12-15)25-21(27)10-16-13-24-26-9-2-1-5-19(16)26/h3-4,6-8,11-13H,1-2,5,9-10,14H2,(H,25,27). The van der Waals surface area contributed by atoms with Crippen LogP contribution in [0, 0.1) is 0 Å². The number of aromatic nitrogens is 3. The minimum Gasteiger partial charge on any atom is -0.487 e. The van der Waals surface area contributed by atoms with Crippen LogP contribution in [-0.2, 0) is 30.8 Å². The van der Waals surface area contributed by atoms with Gasteiger partial charge in [-0.1, -0.05) is 17.7 Å². The molecule has 1 amide bonds. The molecule has 0 saturated carbocycles. The number of hydrogen-bond acceptors (Lipinski definition) is 4. The van der Waals surface area contributed by atoms with Crippen LogP contribution in [0.3, 0.4) is 0 Å². The van der Waals surface area contributed by atoms with E-state index in [1.165, 1.54) is 5.69 Å². The fourth-order valence-electron chi connectivity index (χ4n) is 3.35. The minimum absolute atomic E-state index is 0.0820. The predicted octanol–water partition coefficient (Wildman–Crippen LogP) is 4.03. The molecule has 7 heteroatoms. The number of fused-ring (bicyclic) bond motifs is 1. The summed E-state index contributed by atoms with van der Waals surface area (Å²) in [5.41, 5.74) is 3.78. The number of carbonyl (C=O) groups excluding carboxylic acids is 1. The molecule has 0 spiro atoms. The molecular weight excluding hydrogens is 376 g/mol. The molecule has 3 aromatic rings. The van der Waals surface area contributed by atoms with Crippen LogP contribution in [0.5, 0.6) is 5.75 Å². The van der Waals surface area contributed by atoms with Gasteiger partial charge in [-0.25, -0.2) is 0 Å². The topological polar surface area (TPSA) is 69.0 Å². The van der Waals surface area contributed by atoms with Gasteiger partial charge in [-0.2, -0.15) is 5.10 Å². The molecule has 4 rings (SSSR count). The van der Waals surface area contributed by atoms with E-state index in [1.54, 1.807) is 30.6 Å². The van der Waals surface area contributed by atoms with Crippen molar-refractivity contribution in [3.63, 3.8) is 0 Å². The van der Waals surface area contributed by atoms with Gasteiger partial charge in [0.2, 0.25) is 5.91 Å². The van der Waals surface area contributed by atoms with Crippen LogP contribution in [0.15, 0.2) is 48.9 Å². The van der Waals surface area contributed by atoms with Crippen LogP contribution in [0.4, 0.5) is 5.69 Å². The molecule has 1 aromatic carbocycles. The largest absolute Gasteiger partial charge is 0.487 e. The molecule has 1 aliphatic heterocycles. The first-order chi connectivity index (χ1) is 13.7. The molecule has 1 N–H and O–H groups in total. The van der Waals surface area contributed by atoms with Crippen LogP contribution in [0.25, 0.3) is 0 Å². The number of anilines is 1. The Morgan fingerprint density at radius 2 is 2.18 bits per heavy atom. The SMILES string of the molecule is O=C(Cc1cnn2c1CCCC2)Nc1ccc(OCc2cccnc2)c(Cl)c1. The highest BCUT2D eigenvalue weighted by Gasteiger charge is 2.17. The average Bonchev–Trinajstić information content (AvgIpc) is 3.11. The number of benzene rings is 1. The Labute approximate surface area is 168 Å². The summed E-state index contributed by atoms with van der Waals surface area (Å²) in [5, 5.41) is 7.73. The number of carbonyl (C=O) groups is 1. The van der Waals surface area contributed by atoms with Crippen molar-refractivity contribution in [2.24, 2.45) is 0 Å². The van der Waals surface area contributed by atoms with E-state index < -0.39 is 0 Å². The molecule has 1 aliphatic rings. The summed E-state index contributed by atoms with van der Waals surface area (Å²) in [6.45, 7) is 1.32. The maximum atomic E-state index is 12.4. The Kier molecular flexibility index (Phi) is 5.58. The van der Waals surface area contributed by atoms with Crippen LogP contribution in [-0.4, -0.2) is 20.7 Å². The minimum atomic E-state index is -0.0820. The normalized spacial score (nSPS) is 13.0. The van der Waals surface area contributed by atoms with E-state index in [2.05, 4.69) is 15.4 Å². The smallest absolute Gasteiger partial charge is 0.228 e. The van der Waals surface area contributed by atoms with E-state index in [4.69, 9.17) is 16.3 Å². The van der Waals surface area contributed by atoms with Gasteiger partial charge < -0.3 is 10.1 Å². The summed E-state index contributed by atoms with van der Waals surface area (Å²) >= 11 is 6.31. The summed E-state index contributed by atoms with van der Waals surface area (Å²) in [6.07, 6.45) is 8.86. The maximum absolute atomic E-state index is 12.4. The van der Waals surface area contributed by atoms with Crippen molar-refractivity contribution in [1.82, 2.24) is 14.8 Å². The number of nitrogens with one attached hydrogen (secondary N) is 1. The lowest BCUT2D eigenvalue weighted by atomic mass is 10.0. The number of amides is 1. The van der Waals surface area contributed by atoms with Crippen LogP contribution >= 0.6 is 11.6 Å². The number of halogens is 1. The van der Waals surface area contributed by atoms with Gasteiger partial charge in [-0.15, -0.1) is 0 Å².